The van der Waals surface area contributed by atoms with Crippen LogP contribution >= 0.6 is 11.6 Å². The lowest BCUT2D eigenvalue weighted by Crippen LogP contribution is -2.31. The predicted molar refractivity (Wildman–Crippen MR) is 79.0 cm³/mol. The molecule has 1 N–H and O–H groups in total. The van der Waals surface area contributed by atoms with Crippen LogP contribution in [0.25, 0.3) is 0 Å². The lowest BCUT2D eigenvalue weighted by molar-refractivity contribution is 0.0736. The summed E-state index contributed by atoms with van der Waals surface area (Å²) in [6, 6.07) is 11.7. The second-order valence-electron chi connectivity index (χ2n) is 4.54. The second kappa shape index (κ2) is 5.92. The zero-order valence-corrected chi connectivity index (χ0v) is 12.0. The fourth-order valence-corrected chi connectivity index (χ4v) is 2.25. The molecule has 1 aromatic heterocycles. The highest BCUT2D eigenvalue weighted by Gasteiger charge is 2.20. The predicted octanol–water partition coefficient (Wildman–Crippen LogP) is 2.86. The minimum absolute atomic E-state index is 0.195. The van der Waals surface area contributed by atoms with Gasteiger partial charge in [0.2, 0.25) is 5.56 Å². The molecule has 0 aliphatic heterocycles. The minimum Gasteiger partial charge on any atom is -0.334 e. The lowest BCUT2D eigenvalue weighted by atomic mass is 10.1. The average Bonchev–Trinajstić information content (AvgIpc) is 2.45. The molecule has 0 saturated carbocycles. The van der Waals surface area contributed by atoms with Crippen LogP contribution in [0.15, 0.2) is 47.3 Å². The van der Waals surface area contributed by atoms with E-state index in [1.165, 1.54) is 6.07 Å². The molecule has 5 heteroatoms. The van der Waals surface area contributed by atoms with Crippen molar-refractivity contribution in [1.29, 1.82) is 0 Å². The largest absolute Gasteiger partial charge is 0.334 e. The van der Waals surface area contributed by atoms with E-state index in [0.717, 1.165) is 5.56 Å². The van der Waals surface area contributed by atoms with Gasteiger partial charge < -0.3 is 9.88 Å². The number of hydrogen-bond acceptors (Lipinski definition) is 2. The monoisotopic (exact) mass is 290 g/mol. The number of nitrogens with one attached hydrogen (secondary N) is 1. The van der Waals surface area contributed by atoms with Crippen LogP contribution in [0.3, 0.4) is 0 Å². The SMILES string of the molecule is CC(c1ccccc1Cl)N(C)C(=O)c1cccc(=O)[nH]1. The van der Waals surface area contributed by atoms with Crippen LogP contribution in [-0.2, 0) is 0 Å². The maximum Gasteiger partial charge on any atom is 0.270 e. The quantitative estimate of drug-likeness (QED) is 0.945. The third-order valence-corrected chi connectivity index (χ3v) is 3.60. The molecule has 1 unspecified atom stereocenters. The van der Waals surface area contributed by atoms with Gasteiger partial charge in [-0.05, 0) is 24.6 Å². The number of H-pyrrole nitrogens is 1. The molecule has 0 spiro atoms. The summed E-state index contributed by atoms with van der Waals surface area (Å²) in [5, 5.41) is 0.612. The summed E-state index contributed by atoms with van der Waals surface area (Å²) < 4.78 is 0. The Morgan fingerprint density at radius 1 is 1.20 bits per heavy atom. The number of aromatic nitrogens is 1. The zero-order valence-electron chi connectivity index (χ0n) is 11.3. The molecule has 0 fully saturated rings. The number of benzene rings is 1. The number of halogens is 1. The number of hydrogen-bond donors (Lipinski definition) is 1. The number of pyridine rings is 1. The van der Waals surface area contributed by atoms with Crippen molar-refractivity contribution in [2.75, 3.05) is 7.05 Å². The van der Waals surface area contributed by atoms with E-state index in [0.29, 0.717) is 5.02 Å². The van der Waals surface area contributed by atoms with Gasteiger partial charge in [-0.2, -0.15) is 0 Å². The van der Waals surface area contributed by atoms with Crippen LogP contribution in [0.4, 0.5) is 0 Å². The van der Waals surface area contributed by atoms with Gasteiger partial charge in [0.25, 0.3) is 5.91 Å². The molecule has 1 heterocycles. The molecule has 1 aromatic carbocycles. The number of aromatic amines is 1. The Labute approximate surface area is 122 Å². The smallest absolute Gasteiger partial charge is 0.270 e. The number of nitrogens with zero attached hydrogens (tertiary/aromatic N) is 1. The molecule has 0 aliphatic rings. The Morgan fingerprint density at radius 2 is 1.90 bits per heavy atom. The van der Waals surface area contributed by atoms with E-state index in [1.807, 2.05) is 25.1 Å². The Morgan fingerprint density at radius 3 is 2.55 bits per heavy atom. The maximum atomic E-state index is 12.3. The summed E-state index contributed by atoms with van der Waals surface area (Å²) in [5.41, 5.74) is 0.830. The first-order valence-electron chi connectivity index (χ1n) is 6.21. The van der Waals surface area contributed by atoms with E-state index >= 15 is 0 Å². The average molecular weight is 291 g/mol. The van der Waals surface area contributed by atoms with Crippen molar-refractivity contribution in [1.82, 2.24) is 9.88 Å². The summed E-state index contributed by atoms with van der Waals surface area (Å²) in [4.78, 5) is 27.7. The van der Waals surface area contributed by atoms with Gasteiger partial charge in [-0.1, -0.05) is 35.9 Å². The van der Waals surface area contributed by atoms with Crippen molar-refractivity contribution in [3.05, 3.63) is 69.1 Å². The van der Waals surface area contributed by atoms with Crippen molar-refractivity contribution in [3.8, 4) is 0 Å². The van der Waals surface area contributed by atoms with Crippen molar-refractivity contribution >= 4 is 17.5 Å². The summed E-state index contributed by atoms with van der Waals surface area (Å²) in [5.74, 6) is -0.255. The summed E-state index contributed by atoms with van der Waals surface area (Å²) in [6.07, 6.45) is 0. The van der Waals surface area contributed by atoms with Crippen LogP contribution in [0.1, 0.15) is 29.0 Å². The van der Waals surface area contributed by atoms with E-state index in [9.17, 15) is 9.59 Å². The van der Waals surface area contributed by atoms with Crippen LogP contribution < -0.4 is 5.56 Å². The first-order valence-corrected chi connectivity index (χ1v) is 6.59. The van der Waals surface area contributed by atoms with E-state index in [1.54, 1.807) is 30.1 Å². The fourth-order valence-electron chi connectivity index (χ4n) is 1.96. The van der Waals surface area contributed by atoms with Crippen LogP contribution in [0, 0.1) is 0 Å². The first kappa shape index (κ1) is 14.3. The van der Waals surface area contributed by atoms with Gasteiger partial charge in [-0.3, -0.25) is 9.59 Å². The maximum absolute atomic E-state index is 12.3. The van der Waals surface area contributed by atoms with Gasteiger partial charge in [0.1, 0.15) is 5.69 Å². The number of carbonyl (C=O) groups is 1. The van der Waals surface area contributed by atoms with Gasteiger partial charge in [-0.25, -0.2) is 0 Å². The summed E-state index contributed by atoms with van der Waals surface area (Å²) >= 11 is 6.14. The van der Waals surface area contributed by atoms with Crippen molar-refractivity contribution in [2.24, 2.45) is 0 Å². The minimum atomic E-state index is -0.297. The van der Waals surface area contributed by atoms with Gasteiger partial charge in [0, 0.05) is 18.1 Å². The topological polar surface area (TPSA) is 53.2 Å². The fraction of sp³-hybridized carbons (Fsp3) is 0.200. The van der Waals surface area contributed by atoms with Gasteiger partial charge in [0.15, 0.2) is 0 Å². The third-order valence-electron chi connectivity index (χ3n) is 3.26. The highest BCUT2D eigenvalue weighted by molar-refractivity contribution is 6.31. The molecule has 20 heavy (non-hydrogen) atoms. The lowest BCUT2D eigenvalue weighted by Gasteiger charge is -2.25. The van der Waals surface area contributed by atoms with E-state index in [4.69, 9.17) is 11.6 Å². The highest BCUT2D eigenvalue weighted by atomic mass is 35.5. The van der Waals surface area contributed by atoms with Crippen molar-refractivity contribution in [2.45, 2.75) is 13.0 Å². The van der Waals surface area contributed by atoms with Gasteiger partial charge in [0.05, 0.1) is 6.04 Å². The Bertz CT molecular complexity index is 681. The molecular formula is C15H15ClN2O2. The van der Waals surface area contributed by atoms with Crippen molar-refractivity contribution in [3.63, 3.8) is 0 Å². The second-order valence-corrected chi connectivity index (χ2v) is 4.95. The molecule has 0 saturated heterocycles. The number of carbonyl (C=O) groups excluding carboxylic acids is 1. The standard InChI is InChI=1S/C15H15ClN2O2/c1-10(11-6-3-4-7-12(11)16)18(2)15(20)13-8-5-9-14(19)17-13/h3-10H,1-2H3,(H,17,19). The Balaban J connectivity index is 2.27. The molecule has 104 valence electrons. The molecule has 0 bridgehead atoms. The number of rotatable bonds is 3. The van der Waals surface area contributed by atoms with Gasteiger partial charge >= 0.3 is 0 Å². The first-order chi connectivity index (χ1) is 9.50. The summed E-state index contributed by atoms with van der Waals surface area (Å²) in [7, 11) is 1.68. The van der Waals surface area contributed by atoms with Crippen LogP contribution in [0.5, 0.6) is 0 Å². The summed E-state index contributed by atoms with van der Waals surface area (Å²) in [6.45, 7) is 1.89. The number of amides is 1. The van der Waals surface area contributed by atoms with Gasteiger partial charge in [-0.15, -0.1) is 0 Å². The molecule has 4 nitrogen and oxygen atoms in total. The zero-order chi connectivity index (χ0) is 14.7. The molecular weight excluding hydrogens is 276 g/mol. The van der Waals surface area contributed by atoms with Crippen LogP contribution in [0.2, 0.25) is 5.02 Å². The van der Waals surface area contributed by atoms with E-state index in [2.05, 4.69) is 4.98 Å². The normalized spacial score (nSPS) is 11.9. The van der Waals surface area contributed by atoms with E-state index in [-0.39, 0.29) is 23.2 Å². The molecule has 0 radical (unpaired) electrons. The molecule has 0 aliphatic carbocycles. The van der Waals surface area contributed by atoms with Crippen LogP contribution in [-0.4, -0.2) is 22.8 Å². The third kappa shape index (κ3) is 2.91. The molecule has 2 rings (SSSR count). The Kier molecular flexibility index (Phi) is 4.25. The van der Waals surface area contributed by atoms with Crippen molar-refractivity contribution < 1.29 is 4.79 Å². The molecule has 1 amide bonds. The van der Waals surface area contributed by atoms with E-state index < -0.39 is 0 Å². The molecule has 1 atom stereocenters. The highest BCUT2D eigenvalue weighted by Crippen LogP contribution is 2.26. The Hall–Kier alpha value is -2.07. The molecule has 2 aromatic rings.